The number of Topliss-reactive ketones (excluding diaryl/α,β-unsaturated/α-hetero) is 1. The fraction of sp³-hybridized carbons (Fsp3) is 0.529. The molecule has 1 aliphatic heterocycles. The number of rotatable bonds is 5. The number of carbonyl (C=O) groups is 1. The van der Waals surface area contributed by atoms with Gasteiger partial charge >= 0.3 is 0 Å². The van der Waals surface area contributed by atoms with E-state index in [1.54, 1.807) is 22.5 Å². The van der Waals surface area contributed by atoms with Crippen LogP contribution in [0.3, 0.4) is 0 Å². The van der Waals surface area contributed by atoms with Crippen LogP contribution in [-0.2, 0) is 10.0 Å². The molecule has 0 atom stereocenters. The fourth-order valence-corrected chi connectivity index (χ4v) is 4.90. The van der Waals surface area contributed by atoms with Gasteiger partial charge in [0, 0.05) is 24.7 Å². The molecule has 128 valence electrons. The third-order valence-corrected chi connectivity index (χ3v) is 7.06. The van der Waals surface area contributed by atoms with Gasteiger partial charge in [-0.15, -0.1) is 0 Å². The highest BCUT2D eigenvalue weighted by molar-refractivity contribution is 7.90. The molecule has 1 aromatic rings. The number of piperidine rings is 1. The number of ketones is 1. The Bertz CT molecular complexity index is 786. The maximum Gasteiger partial charge on any atom is 0.216 e. The summed E-state index contributed by atoms with van der Waals surface area (Å²) in [4.78, 5) is 11.5. The molecule has 0 unspecified atom stereocenters. The van der Waals surface area contributed by atoms with E-state index in [0.717, 1.165) is 12.8 Å². The molecule has 1 saturated carbocycles. The van der Waals surface area contributed by atoms with Gasteiger partial charge in [-0.2, -0.15) is 5.26 Å². The standard InChI is InChI=1S/C17H21N3O3S/c1-12(21)13-2-3-14(11-18)17(10-13)19-15-6-8-20(9-7-15)24(22,23)16-4-5-16/h2-3,10,15-16,19H,4-9H2,1H3. The van der Waals surface area contributed by atoms with Crippen molar-refractivity contribution in [3.8, 4) is 6.07 Å². The number of nitriles is 1. The van der Waals surface area contributed by atoms with Crippen LogP contribution in [0.15, 0.2) is 18.2 Å². The minimum Gasteiger partial charge on any atom is -0.381 e. The van der Waals surface area contributed by atoms with Crippen LogP contribution in [0.1, 0.15) is 48.5 Å². The zero-order valence-electron chi connectivity index (χ0n) is 13.7. The zero-order chi connectivity index (χ0) is 17.3. The van der Waals surface area contributed by atoms with Crippen molar-refractivity contribution < 1.29 is 13.2 Å². The molecule has 1 N–H and O–H groups in total. The van der Waals surface area contributed by atoms with E-state index < -0.39 is 10.0 Å². The van der Waals surface area contributed by atoms with E-state index in [4.69, 9.17) is 0 Å². The highest BCUT2D eigenvalue weighted by Crippen LogP contribution is 2.32. The van der Waals surface area contributed by atoms with Crippen LogP contribution in [0.4, 0.5) is 5.69 Å². The molecule has 1 aromatic carbocycles. The first-order valence-electron chi connectivity index (χ1n) is 8.22. The van der Waals surface area contributed by atoms with E-state index in [-0.39, 0.29) is 17.1 Å². The van der Waals surface area contributed by atoms with Crippen molar-refractivity contribution in [3.05, 3.63) is 29.3 Å². The van der Waals surface area contributed by atoms with Gasteiger partial charge in [0.1, 0.15) is 6.07 Å². The fourth-order valence-electron chi connectivity index (χ4n) is 3.03. The predicted octanol–water partition coefficient (Wildman–Crippen LogP) is 2.13. The summed E-state index contributed by atoms with van der Waals surface area (Å²) in [7, 11) is -3.11. The molecule has 0 bridgehead atoms. The summed E-state index contributed by atoms with van der Waals surface area (Å²) in [6, 6.07) is 7.23. The molecule has 7 heteroatoms. The van der Waals surface area contributed by atoms with Crippen LogP contribution in [-0.4, -0.2) is 42.9 Å². The quantitative estimate of drug-likeness (QED) is 0.824. The lowest BCUT2D eigenvalue weighted by Crippen LogP contribution is -2.43. The summed E-state index contributed by atoms with van der Waals surface area (Å²) >= 11 is 0. The molecule has 6 nitrogen and oxygen atoms in total. The number of nitrogens with zero attached hydrogens (tertiary/aromatic N) is 2. The Hall–Kier alpha value is -1.91. The summed E-state index contributed by atoms with van der Waals surface area (Å²) in [5.74, 6) is -0.0483. The van der Waals surface area contributed by atoms with Crippen molar-refractivity contribution in [2.75, 3.05) is 18.4 Å². The van der Waals surface area contributed by atoms with Crippen molar-refractivity contribution in [3.63, 3.8) is 0 Å². The minimum absolute atomic E-state index is 0.0483. The van der Waals surface area contributed by atoms with E-state index in [1.165, 1.54) is 6.92 Å². The number of sulfonamides is 1. The lowest BCUT2D eigenvalue weighted by atomic mass is 10.0. The molecule has 1 aliphatic carbocycles. The van der Waals surface area contributed by atoms with Crippen LogP contribution in [0.5, 0.6) is 0 Å². The number of anilines is 1. The van der Waals surface area contributed by atoms with Crippen molar-refractivity contribution in [2.45, 2.75) is 43.9 Å². The molecular formula is C17H21N3O3S. The smallest absolute Gasteiger partial charge is 0.216 e. The van der Waals surface area contributed by atoms with Crippen molar-refractivity contribution in [2.24, 2.45) is 0 Å². The highest BCUT2D eigenvalue weighted by Gasteiger charge is 2.41. The SMILES string of the molecule is CC(=O)c1ccc(C#N)c(NC2CCN(S(=O)(=O)C3CC3)CC2)c1. The van der Waals surface area contributed by atoms with Crippen LogP contribution in [0.25, 0.3) is 0 Å². The maximum absolute atomic E-state index is 12.3. The Morgan fingerprint density at radius 3 is 2.46 bits per heavy atom. The van der Waals surface area contributed by atoms with Crippen LogP contribution >= 0.6 is 0 Å². The first-order valence-corrected chi connectivity index (χ1v) is 9.72. The second-order valence-electron chi connectivity index (χ2n) is 6.49. The second kappa shape index (κ2) is 6.54. The van der Waals surface area contributed by atoms with Gasteiger partial charge in [0.2, 0.25) is 10.0 Å². The lowest BCUT2D eigenvalue weighted by Gasteiger charge is -2.32. The van der Waals surface area contributed by atoms with Gasteiger partial charge in [-0.3, -0.25) is 4.79 Å². The molecule has 3 rings (SSSR count). The topological polar surface area (TPSA) is 90.3 Å². The number of hydrogen-bond acceptors (Lipinski definition) is 5. The van der Waals surface area contributed by atoms with Gasteiger partial charge in [0.25, 0.3) is 0 Å². The average Bonchev–Trinajstić information content (AvgIpc) is 3.40. The molecular weight excluding hydrogens is 326 g/mol. The zero-order valence-corrected chi connectivity index (χ0v) is 14.5. The van der Waals surface area contributed by atoms with E-state index in [0.29, 0.717) is 42.7 Å². The Labute approximate surface area is 142 Å². The maximum atomic E-state index is 12.3. The average molecular weight is 347 g/mol. The largest absolute Gasteiger partial charge is 0.381 e. The van der Waals surface area contributed by atoms with Gasteiger partial charge in [0.15, 0.2) is 5.78 Å². The second-order valence-corrected chi connectivity index (χ2v) is 8.70. The summed E-state index contributed by atoms with van der Waals surface area (Å²) in [6.07, 6.45) is 2.95. The minimum atomic E-state index is -3.11. The monoisotopic (exact) mass is 347 g/mol. The first kappa shape index (κ1) is 16.9. The molecule has 1 saturated heterocycles. The normalized spacial score (nSPS) is 19.7. The van der Waals surface area contributed by atoms with Crippen molar-refractivity contribution in [1.82, 2.24) is 4.31 Å². The van der Waals surface area contributed by atoms with Gasteiger partial charge in [-0.05, 0) is 50.8 Å². The van der Waals surface area contributed by atoms with Crippen molar-refractivity contribution >= 4 is 21.5 Å². The Balaban J connectivity index is 1.67. The number of benzene rings is 1. The summed E-state index contributed by atoms with van der Waals surface area (Å²) in [6.45, 7) is 2.50. The Kier molecular flexibility index (Phi) is 4.61. The van der Waals surface area contributed by atoms with Gasteiger partial charge in [0.05, 0.1) is 16.5 Å². The van der Waals surface area contributed by atoms with Crippen LogP contribution < -0.4 is 5.32 Å². The number of carbonyl (C=O) groups excluding carboxylic acids is 1. The third kappa shape index (κ3) is 3.45. The first-order chi connectivity index (χ1) is 11.4. The predicted molar refractivity (Wildman–Crippen MR) is 91.3 cm³/mol. The van der Waals surface area contributed by atoms with E-state index >= 15 is 0 Å². The molecule has 24 heavy (non-hydrogen) atoms. The number of hydrogen-bond donors (Lipinski definition) is 1. The molecule has 0 spiro atoms. The molecule has 0 radical (unpaired) electrons. The molecule has 2 fully saturated rings. The number of nitrogens with one attached hydrogen (secondary N) is 1. The molecule has 0 aromatic heterocycles. The van der Waals surface area contributed by atoms with Crippen LogP contribution in [0, 0.1) is 11.3 Å². The van der Waals surface area contributed by atoms with Gasteiger partial charge in [-0.1, -0.05) is 0 Å². The van der Waals surface area contributed by atoms with Crippen molar-refractivity contribution in [1.29, 1.82) is 5.26 Å². The molecule has 1 heterocycles. The lowest BCUT2D eigenvalue weighted by molar-refractivity contribution is 0.101. The third-order valence-electron chi connectivity index (χ3n) is 4.67. The Morgan fingerprint density at radius 1 is 1.25 bits per heavy atom. The van der Waals surface area contributed by atoms with Gasteiger partial charge in [-0.25, -0.2) is 12.7 Å². The van der Waals surface area contributed by atoms with Crippen LogP contribution in [0.2, 0.25) is 0 Å². The highest BCUT2D eigenvalue weighted by atomic mass is 32.2. The van der Waals surface area contributed by atoms with Gasteiger partial charge < -0.3 is 5.32 Å². The summed E-state index contributed by atoms with van der Waals surface area (Å²) in [5, 5.41) is 12.4. The van der Waals surface area contributed by atoms with E-state index in [2.05, 4.69) is 11.4 Å². The molecule has 0 amide bonds. The Morgan fingerprint density at radius 2 is 1.92 bits per heavy atom. The van der Waals surface area contributed by atoms with E-state index in [1.807, 2.05) is 0 Å². The summed E-state index contributed by atoms with van der Waals surface area (Å²) in [5.41, 5.74) is 1.70. The van der Waals surface area contributed by atoms with E-state index in [9.17, 15) is 18.5 Å². The summed E-state index contributed by atoms with van der Waals surface area (Å²) < 4.78 is 26.1. The molecule has 2 aliphatic rings.